The quantitative estimate of drug-likeness (QED) is 0.206. The van der Waals surface area contributed by atoms with Crippen LogP contribution in [-0.2, 0) is 0 Å². The average molecular weight is 495 g/mol. The van der Waals surface area contributed by atoms with E-state index in [2.05, 4.69) is 146 Å². The second-order valence-electron chi connectivity index (χ2n) is 8.31. The zero-order valence-electron chi connectivity index (χ0n) is 23.0. The van der Waals surface area contributed by atoms with Crippen molar-refractivity contribution in [3.05, 3.63) is 156 Å². The largest absolute Gasteiger partial charge is 0.0683 e. The Morgan fingerprint density at radius 2 is 0.474 bits per heavy atom. The molecule has 0 unspecified atom stereocenters. The first-order chi connectivity index (χ1) is 18.8. The topological polar surface area (TPSA) is 0 Å². The van der Waals surface area contributed by atoms with E-state index in [1.54, 1.807) is 0 Å². The van der Waals surface area contributed by atoms with Crippen LogP contribution < -0.4 is 0 Å². The summed E-state index contributed by atoms with van der Waals surface area (Å²) in [5.74, 6) is 0. The summed E-state index contributed by atoms with van der Waals surface area (Å²) in [6, 6.07) is 46.9. The second kappa shape index (κ2) is 15.6. The Bertz CT molecular complexity index is 1260. The van der Waals surface area contributed by atoms with Gasteiger partial charge in [-0.15, -0.1) is 0 Å². The van der Waals surface area contributed by atoms with E-state index in [0.717, 1.165) is 0 Å². The van der Waals surface area contributed by atoms with E-state index in [4.69, 9.17) is 0 Å². The summed E-state index contributed by atoms with van der Waals surface area (Å²) in [4.78, 5) is 0. The highest BCUT2D eigenvalue weighted by Crippen LogP contribution is 2.21. The SMILES string of the molecule is C(=C\c1ccc(-c2ccccc2)cc1)/c1ccc(/C=C/c2ccc(-c3ccccc3)cc2)cc1.CC.CC. The predicted octanol–water partition coefficient (Wildman–Crippen LogP) is 11.4. The van der Waals surface area contributed by atoms with Crippen LogP contribution in [0.5, 0.6) is 0 Å². The van der Waals surface area contributed by atoms with Crippen LogP contribution in [0.3, 0.4) is 0 Å². The minimum atomic E-state index is 1.19. The zero-order chi connectivity index (χ0) is 27.0. The van der Waals surface area contributed by atoms with Gasteiger partial charge in [0.2, 0.25) is 0 Å². The van der Waals surface area contributed by atoms with Gasteiger partial charge in [0.05, 0.1) is 0 Å². The van der Waals surface area contributed by atoms with E-state index < -0.39 is 0 Å². The van der Waals surface area contributed by atoms with Crippen molar-refractivity contribution in [2.45, 2.75) is 27.7 Å². The minimum absolute atomic E-state index is 1.19. The maximum atomic E-state index is 2.18. The van der Waals surface area contributed by atoms with Gasteiger partial charge in [-0.2, -0.15) is 0 Å². The molecule has 0 heteroatoms. The summed E-state index contributed by atoms with van der Waals surface area (Å²) < 4.78 is 0. The fourth-order valence-electron chi connectivity index (χ4n) is 3.94. The van der Waals surface area contributed by atoms with E-state index >= 15 is 0 Å². The maximum Gasteiger partial charge on any atom is -0.0184 e. The summed E-state index contributed by atoms with van der Waals surface area (Å²) >= 11 is 0. The van der Waals surface area contributed by atoms with Crippen molar-refractivity contribution >= 4 is 24.3 Å². The van der Waals surface area contributed by atoms with Gasteiger partial charge >= 0.3 is 0 Å². The molecule has 0 N–H and O–H groups in total. The smallest absolute Gasteiger partial charge is 0.0184 e. The Morgan fingerprint density at radius 3 is 0.737 bits per heavy atom. The molecule has 0 bridgehead atoms. The van der Waals surface area contributed by atoms with Gasteiger partial charge in [0.1, 0.15) is 0 Å². The highest BCUT2D eigenvalue weighted by Gasteiger charge is 1.97. The normalized spacial score (nSPS) is 10.4. The number of hydrogen-bond acceptors (Lipinski definition) is 0. The van der Waals surface area contributed by atoms with Crippen LogP contribution in [0.2, 0.25) is 0 Å². The average Bonchev–Trinajstić information content (AvgIpc) is 3.03. The third-order valence-corrected chi connectivity index (χ3v) is 5.91. The molecule has 0 nitrogen and oxygen atoms in total. The summed E-state index contributed by atoms with van der Waals surface area (Å²) in [6.45, 7) is 8.00. The van der Waals surface area contributed by atoms with Gasteiger partial charge in [-0.05, 0) is 44.5 Å². The molecule has 0 aliphatic rings. The minimum Gasteiger partial charge on any atom is -0.0683 e. The molecular weight excluding hydrogens is 456 g/mol. The number of benzene rings is 5. The monoisotopic (exact) mass is 494 g/mol. The summed E-state index contributed by atoms with van der Waals surface area (Å²) in [7, 11) is 0. The first-order valence-electron chi connectivity index (χ1n) is 13.6. The van der Waals surface area contributed by atoms with E-state index in [0.29, 0.717) is 0 Å². The van der Waals surface area contributed by atoms with Gasteiger partial charge in [-0.1, -0.05) is 185 Å². The van der Waals surface area contributed by atoms with Gasteiger partial charge in [-0.3, -0.25) is 0 Å². The van der Waals surface area contributed by atoms with E-state index in [1.165, 1.54) is 44.5 Å². The molecule has 5 aromatic rings. The van der Waals surface area contributed by atoms with Crippen molar-refractivity contribution in [2.75, 3.05) is 0 Å². The second-order valence-corrected chi connectivity index (χ2v) is 8.31. The van der Waals surface area contributed by atoms with Crippen molar-refractivity contribution in [2.24, 2.45) is 0 Å². The zero-order valence-corrected chi connectivity index (χ0v) is 23.0. The number of hydrogen-bond donors (Lipinski definition) is 0. The van der Waals surface area contributed by atoms with E-state index in [9.17, 15) is 0 Å². The van der Waals surface area contributed by atoms with Crippen LogP contribution in [0.4, 0.5) is 0 Å². The van der Waals surface area contributed by atoms with Crippen molar-refractivity contribution in [1.29, 1.82) is 0 Å². The van der Waals surface area contributed by atoms with Gasteiger partial charge in [0.15, 0.2) is 0 Å². The predicted molar refractivity (Wildman–Crippen MR) is 171 cm³/mol. The summed E-state index contributed by atoms with van der Waals surface area (Å²) in [5.41, 5.74) is 9.74. The first kappa shape index (κ1) is 28.2. The molecule has 0 aliphatic heterocycles. The molecule has 0 spiro atoms. The lowest BCUT2D eigenvalue weighted by Crippen LogP contribution is -1.79. The Labute approximate surface area is 229 Å². The van der Waals surface area contributed by atoms with Crippen LogP contribution >= 0.6 is 0 Å². The molecule has 0 aromatic heterocycles. The highest BCUT2D eigenvalue weighted by atomic mass is 14.0. The molecule has 5 rings (SSSR count). The van der Waals surface area contributed by atoms with Crippen LogP contribution in [0.15, 0.2) is 133 Å². The van der Waals surface area contributed by atoms with Gasteiger partial charge in [0, 0.05) is 0 Å². The molecule has 0 saturated heterocycles. The highest BCUT2D eigenvalue weighted by molar-refractivity contribution is 5.75. The van der Waals surface area contributed by atoms with Gasteiger partial charge < -0.3 is 0 Å². The van der Waals surface area contributed by atoms with Crippen molar-refractivity contribution in [3.63, 3.8) is 0 Å². The molecule has 0 amide bonds. The lowest BCUT2D eigenvalue weighted by Gasteiger charge is -2.02. The van der Waals surface area contributed by atoms with Crippen molar-refractivity contribution in [1.82, 2.24) is 0 Å². The van der Waals surface area contributed by atoms with Crippen LogP contribution in [0.25, 0.3) is 46.6 Å². The maximum absolute atomic E-state index is 2.18. The van der Waals surface area contributed by atoms with E-state index in [1.807, 2.05) is 39.8 Å². The van der Waals surface area contributed by atoms with Gasteiger partial charge in [0.25, 0.3) is 0 Å². The number of rotatable bonds is 6. The standard InChI is InChI=1S/C34H26.2C2H6/c1-3-7-31(8-4-1)33-23-19-29(20-24-33)17-15-27-11-13-28(14-12-27)16-18-30-21-25-34(26-22-30)32-9-5-2-6-10-32;2*1-2/h1-26H;2*1-2H3/b17-15+,18-16+;;. The molecule has 190 valence electrons. The third kappa shape index (κ3) is 8.32. The Balaban J connectivity index is 0.000000956. The lowest BCUT2D eigenvalue weighted by molar-refractivity contribution is 1.50. The molecular formula is C38H38. The fraction of sp³-hybridized carbons (Fsp3) is 0.105. The molecule has 0 atom stereocenters. The molecule has 0 aliphatic carbocycles. The molecule has 0 saturated carbocycles. The lowest BCUT2D eigenvalue weighted by atomic mass is 10.0. The molecule has 0 fully saturated rings. The molecule has 5 aromatic carbocycles. The Morgan fingerprint density at radius 1 is 0.263 bits per heavy atom. The van der Waals surface area contributed by atoms with Crippen LogP contribution in [-0.4, -0.2) is 0 Å². The first-order valence-corrected chi connectivity index (χ1v) is 13.6. The molecule has 0 radical (unpaired) electrons. The molecule has 0 heterocycles. The Kier molecular flexibility index (Phi) is 11.6. The van der Waals surface area contributed by atoms with Gasteiger partial charge in [-0.25, -0.2) is 0 Å². The Hall–Kier alpha value is -4.42. The third-order valence-electron chi connectivity index (χ3n) is 5.91. The summed E-state index contributed by atoms with van der Waals surface area (Å²) in [5, 5.41) is 0. The molecule has 38 heavy (non-hydrogen) atoms. The fourth-order valence-corrected chi connectivity index (χ4v) is 3.94. The van der Waals surface area contributed by atoms with Crippen LogP contribution in [0, 0.1) is 0 Å². The van der Waals surface area contributed by atoms with Crippen LogP contribution in [0.1, 0.15) is 49.9 Å². The van der Waals surface area contributed by atoms with Crippen molar-refractivity contribution < 1.29 is 0 Å². The van der Waals surface area contributed by atoms with E-state index in [-0.39, 0.29) is 0 Å². The summed E-state index contributed by atoms with van der Waals surface area (Å²) in [6.07, 6.45) is 8.64. The van der Waals surface area contributed by atoms with Crippen molar-refractivity contribution in [3.8, 4) is 22.3 Å².